The number of urea groups is 1. The van der Waals surface area contributed by atoms with Crippen molar-refractivity contribution in [2.45, 2.75) is 32.5 Å². The molecular weight excluding hydrogens is 313 g/mol. The van der Waals surface area contributed by atoms with Crippen molar-refractivity contribution < 1.29 is 22.7 Å². The van der Waals surface area contributed by atoms with Gasteiger partial charge in [-0.1, -0.05) is 13.8 Å². The summed E-state index contributed by atoms with van der Waals surface area (Å²) in [6.45, 7) is 5.40. The van der Waals surface area contributed by atoms with E-state index >= 15 is 0 Å². The zero-order chi connectivity index (χ0) is 17.0. The average molecular weight is 332 g/mol. The van der Waals surface area contributed by atoms with Crippen LogP contribution in [0, 0.1) is 5.92 Å². The summed E-state index contributed by atoms with van der Waals surface area (Å²) >= 11 is 0. The van der Waals surface area contributed by atoms with Gasteiger partial charge in [0.15, 0.2) is 11.5 Å². The lowest BCUT2D eigenvalue weighted by Gasteiger charge is -2.36. The van der Waals surface area contributed by atoms with Gasteiger partial charge in [-0.05, 0) is 24.5 Å². The number of hydrogen-bond donors (Lipinski definition) is 1. The van der Waals surface area contributed by atoms with Crippen LogP contribution in [-0.2, 0) is 10.9 Å². The Kier molecular flexibility index (Phi) is 5.40. The fraction of sp³-hybridized carbons (Fsp3) is 0.643. The van der Waals surface area contributed by atoms with Gasteiger partial charge in [-0.15, -0.1) is 10.2 Å². The van der Waals surface area contributed by atoms with Gasteiger partial charge in [0.25, 0.3) is 0 Å². The van der Waals surface area contributed by atoms with Gasteiger partial charge in [-0.2, -0.15) is 13.2 Å². The molecule has 6 nitrogen and oxygen atoms in total. The van der Waals surface area contributed by atoms with Crippen molar-refractivity contribution in [1.82, 2.24) is 15.1 Å². The monoisotopic (exact) mass is 332 g/mol. The van der Waals surface area contributed by atoms with Crippen molar-refractivity contribution in [2.75, 3.05) is 25.1 Å². The quantitative estimate of drug-likeness (QED) is 0.924. The van der Waals surface area contributed by atoms with E-state index in [9.17, 15) is 18.0 Å². The van der Waals surface area contributed by atoms with Crippen LogP contribution in [0.3, 0.4) is 0 Å². The van der Waals surface area contributed by atoms with Gasteiger partial charge in [0, 0.05) is 6.54 Å². The molecule has 2 amide bonds. The highest BCUT2D eigenvalue weighted by molar-refractivity contribution is 5.88. The second-order valence-electron chi connectivity index (χ2n) is 5.78. The molecule has 2 rings (SSSR count). The summed E-state index contributed by atoms with van der Waals surface area (Å²) in [5, 5.41) is 8.97. The van der Waals surface area contributed by atoms with Gasteiger partial charge in [0.2, 0.25) is 0 Å². The fourth-order valence-electron chi connectivity index (χ4n) is 2.39. The van der Waals surface area contributed by atoms with E-state index in [1.165, 1.54) is 0 Å². The first kappa shape index (κ1) is 17.5. The Morgan fingerprint density at radius 3 is 2.74 bits per heavy atom. The Morgan fingerprint density at radius 1 is 1.43 bits per heavy atom. The molecule has 1 unspecified atom stereocenters. The van der Waals surface area contributed by atoms with Crippen molar-refractivity contribution >= 4 is 11.8 Å². The van der Waals surface area contributed by atoms with E-state index in [4.69, 9.17) is 4.74 Å². The summed E-state index contributed by atoms with van der Waals surface area (Å²) in [4.78, 5) is 13.9. The Labute approximate surface area is 132 Å². The van der Waals surface area contributed by atoms with E-state index in [-0.39, 0.29) is 11.9 Å². The molecule has 0 aromatic carbocycles. The molecular formula is C14H19F3N4O2. The zero-order valence-corrected chi connectivity index (χ0v) is 12.9. The van der Waals surface area contributed by atoms with E-state index in [0.29, 0.717) is 25.7 Å². The number of alkyl halides is 3. The molecule has 1 fully saturated rings. The minimum atomic E-state index is -4.55. The number of carbonyl (C=O) groups excluding carboxylic acids is 1. The number of hydrogen-bond acceptors (Lipinski definition) is 4. The predicted octanol–water partition coefficient (Wildman–Crippen LogP) is 2.77. The number of nitrogens with one attached hydrogen (secondary N) is 1. The van der Waals surface area contributed by atoms with Crippen molar-refractivity contribution in [3.63, 3.8) is 0 Å². The van der Waals surface area contributed by atoms with Crippen molar-refractivity contribution in [2.24, 2.45) is 5.92 Å². The molecule has 9 heteroatoms. The first-order valence-corrected chi connectivity index (χ1v) is 7.33. The second-order valence-corrected chi connectivity index (χ2v) is 5.78. The molecule has 1 saturated heterocycles. The Balaban J connectivity index is 2.02. The number of halogens is 3. The van der Waals surface area contributed by atoms with E-state index < -0.39 is 17.9 Å². The summed E-state index contributed by atoms with van der Waals surface area (Å²) in [6, 6.07) is 1.40. The highest BCUT2D eigenvalue weighted by atomic mass is 19.4. The first-order chi connectivity index (χ1) is 10.8. The third-order valence-corrected chi connectivity index (χ3v) is 3.42. The molecule has 2 heterocycles. The molecule has 0 radical (unpaired) electrons. The summed E-state index contributed by atoms with van der Waals surface area (Å²) in [5.74, 6) is 0.376. The third-order valence-electron chi connectivity index (χ3n) is 3.42. The molecule has 23 heavy (non-hydrogen) atoms. The summed E-state index contributed by atoms with van der Waals surface area (Å²) in [6.07, 6.45) is -3.77. The largest absolute Gasteiger partial charge is 0.435 e. The van der Waals surface area contributed by atoms with Crippen LogP contribution in [0.2, 0.25) is 0 Å². The smallest absolute Gasteiger partial charge is 0.377 e. The Hall–Kier alpha value is -1.90. The minimum absolute atomic E-state index is 0.0159. The maximum Gasteiger partial charge on any atom is 0.435 e. The molecule has 0 aliphatic carbocycles. The lowest BCUT2D eigenvalue weighted by molar-refractivity contribution is -0.141. The minimum Gasteiger partial charge on any atom is -0.377 e. The zero-order valence-electron chi connectivity index (χ0n) is 12.9. The molecule has 1 aromatic heterocycles. The lowest BCUT2D eigenvalue weighted by Crippen LogP contribution is -2.50. The highest BCUT2D eigenvalue weighted by Gasteiger charge is 2.33. The van der Waals surface area contributed by atoms with Gasteiger partial charge >= 0.3 is 12.2 Å². The molecule has 1 aliphatic rings. The molecule has 0 spiro atoms. The molecule has 1 aliphatic heterocycles. The number of ether oxygens (including phenoxy) is 1. The van der Waals surface area contributed by atoms with Crippen LogP contribution in [0.1, 0.15) is 26.0 Å². The number of nitrogens with zero attached hydrogens (tertiary/aromatic N) is 3. The molecule has 128 valence electrons. The van der Waals surface area contributed by atoms with Crippen LogP contribution in [0.25, 0.3) is 0 Å². The number of morpholine rings is 1. The van der Waals surface area contributed by atoms with Crippen molar-refractivity contribution in [3.05, 3.63) is 17.8 Å². The maximum absolute atomic E-state index is 12.4. The average Bonchev–Trinajstić information content (AvgIpc) is 2.46. The summed E-state index contributed by atoms with van der Waals surface area (Å²) < 4.78 is 42.7. The van der Waals surface area contributed by atoms with Gasteiger partial charge in [-0.25, -0.2) is 4.79 Å². The molecule has 1 aromatic rings. The Morgan fingerprint density at radius 2 is 2.17 bits per heavy atom. The standard InChI is InChI=1S/C14H19F3N4O2/c1-9(2)7-10-8-23-6-5-21(10)13(22)18-12-4-3-11(19-20-12)14(15,16)17/h3-4,9-10H,5-8H2,1-2H3,(H,18,20,22). The number of anilines is 1. The van der Waals surface area contributed by atoms with Crippen LogP contribution in [0.15, 0.2) is 12.1 Å². The number of amides is 2. The summed E-state index contributed by atoms with van der Waals surface area (Å²) in [7, 11) is 0. The van der Waals surface area contributed by atoms with Crippen LogP contribution in [0.5, 0.6) is 0 Å². The van der Waals surface area contributed by atoms with Crippen LogP contribution in [0.4, 0.5) is 23.8 Å². The highest BCUT2D eigenvalue weighted by Crippen LogP contribution is 2.27. The molecule has 1 atom stereocenters. The van der Waals surface area contributed by atoms with Gasteiger partial charge in [-0.3, -0.25) is 5.32 Å². The summed E-state index contributed by atoms with van der Waals surface area (Å²) in [5.41, 5.74) is -1.10. The molecule has 0 bridgehead atoms. The van der Waals surface area contributed by atoms with E-state index in [0.717, 1.165) is 18.6 Å². The van der Waals surface area contributed by atoms with Crippen LogP contribution >= 0.6 is 0 Å². The number of aromatic nitrogens is 2. The van der Waals surface area contributed by atoms with Crippen LogP contribution < -0.4 is 5.32 Å². The van der Waals surface area contributed by atoms with E-state index in [1.807, 2.05) is 13.8 Å². The first-order valence-electron chi connectivity index (χ1n) is 7.33. The topological polar surface area (TPSA) is 67.3 Å². The third kappa shape index (κ3) is 4.78. The number of rotatable bonds is 3. The van der Waals surface area contributed by atoms with Crippen molar-refractivity contribution in [1.29, 1.82) is 0 Å². The SMILES string of the molecule is CC(C)CC1COCCN1C(=O)Nc1ccc(C(F)(F)F)nn1. The van der Waals surface area contributed by atoms with Crippen molar-refractivity contribution in [3.8, 4) is 0 Å². The fourth-order valence-corrected chi connectivity index (χ4v) is 2.39. The number of carbonyl (C=O) groups is 1. The normalized spacial score (nSPS) is 19.0. The van der Waals surface area contributed by atoms with E-state index in [1.54, 1.807) is 4.90 Å². The van der Waals surface area contributed by atoms with Gasteiger partial charge in [0.1, 0.15) is 0 Å². The van der Waals surface area contributed by atoms with Gasteiger partial charge in [0.05, 0.1) is 19.3 Å². The predicted molar refractivity (Wildman–Crippen MR) is 76.8 cm³/mol. The second kappa shape index (κ2) is 7.12. The van der Waals surface area contributed by atoms with E-state index in [2.05, 4.69) is 15.5 Å². The van der Waals surface area contributed by atoms with Gasteiger partial charge < -0.3 is 9.64 Å². The van der Waals surface area contributed by atoms with Crippen LogP contribution in [-0.4, -0.2) is 46.9 Å². The molecule has 1 N–H and O–H groups in total. The maximum atomic E-state index is 12.4. The lowest BCUT2D eigenvalue weighted by atomic mass is 10.0. The Bertz CT molecular complexity index is 534. The molecule has 0 saturated carbocycles.